The van der Waals surface area contributed by atoms with Crippen molar-refractivity contribution in [3.8, 4) is 0 Å². The molecule has 0 bridgehead atoms. The molecule has 9 nitrogen and oxygen atoms in total. The Labute approximate surface area is 162 Å². The first-order chi connectivity index (χ1) is 13.0. The quantitative estimate of drug-likeness (QED) is 0.595. The van der Waals surface area contributed by atoms with Crippen molar-refractivity contribution >= 4 is 35.4 Å². The van der Waals surface area contributed by atoms with Gasteiger partial charge in [0.2, 0.25) is 11.8 Å². The van der Waals surface area contributed by atoms with Gasteiger partial charge in [-0.1, -0.05) is 0 Å². The van der Waals surface area contributed by atoms with E-state index in [1.165, 1.54) is 31.2 Å². The predicted octanol–water partition coefficient (Wildman–Crippen LogP) is 1.51. The number of rotatable bonds is 4. The molecular weight excluding hydrogens is 366 g/mol. The molecule has 1 aliphatic rings. The number of ether oxygens (including phenoxy) is 1. The van der Waals surface area contributed by atoms with Crippen LogP contribution in [0, 0.1) is 0 Å². The molecule has 1 aromatic rings. The fourth-order valence-electron chi connectivity index (χ4n) is 2.48. The number of imide groups is 2. The fourth-order valence-corrected chi connectivity index (χ4v) is 2.48. The molecule has 9 heteroatoms. The number of carbonyl (C=O) groups excluding carboxylic acids is 5. The lowest BCUT2D eigenvalue weighted by molar-refractivity contribution is -0.128. The largest absolute Gasteiger partial charge is 0.449 e. The van der Waals surface area contributed by atoms with E-state index in [1.807, 2.05) is 0 Å². The van der Waals surface area contributed by atoms with E-state index in [0.717, 1.165) is 4.90 Å². The lowest BCUT2D eigenvalue weighted by Crippen LogP contribution is -2.50. The van der Waals surface area contributed by atoms with Crippen LogP contribution < -0.4 is 15.5 Å². The van der Waals surface area contributed by atoms with E-state index in [-0.39, 0.29) is 30.2 Å². The van der Waals surface area contributed by atoms with Crippen LogP contribution in [0.25, 0.3) is 0 Å². The molecule has 1 aromatic carbocycles. The molecule has 0 radical (unpaired) electrons. The van der Waals surface area contributed by atoms with Crippen LogP contribution in [0.1, 0.15) is 50.9 Å². The summed E-state index contributed by atoms with van der Waals surface area (Å²) in [6.07, 6.45) is -0.865. The predicted molar refractivity (Wildman–Crippen MR) is 99.5 cm³/mol. The third kappa shape index (κ3) is 5.38. The molecule has 1 heterocycles. The number of hydrogen-bond donors (Lipinski definition) is 2. The van der Waals surface area contributed by atoms with Gasteiger partial charge in [0.25, 0.3) is 5.91 Å². The van der Waals surface area contributed by atoms with Gasteiger partial charge < -0.3 is 10.1 Å². The van der Waals surface area contributed by atoms with Crippen molar-refractivity contribution in [2.45, 2.75) is 52.2 Å². The zero-order chi connectivity index (χ0) is 21.1. The lowest BCUT2D eigenvalue weighted by atomic mass is 10.1. The second kappa shape index (κ2) is 8.20. The van der Waals surface area contributed by atoms with Gasteiger partial charge in [-0.05, 0) is 52.0 Å². The highest BCUT2D eigenvalue weighted by atomic mass is 16.5. The number of nitrogens with zero attached hydrogens (tertiary/aromatic N) is 1. The molecule has 28 heavy (non-hydrogen) atoms. The van der Waals surface area contributed by atoms with E-state index in [9.17, 15) is 24.0 Å². The SMILES string of the molecule is C[C@@H](OC(=O)c1ccc(N2C(=O)CCC2=O)cc1)C(=O)NC(=O)NC(C)(C)C. The first-order valence-electron chi connectivity index (χ1n) is 8.78. The zero-order valence-electron chi connectivity index (χ0n) is 16.2. The summed E-state index contributed by atoms with van der Waals surface area (Å²) in [5.74, 6) is -2.12. The number of amides is 5. The van der Waals surface area contributed by atoms with Crippen LogP contribution in [0.15, 0.2) is 24.3 Å². The van der Waals surface area contributed by atoms with Crippen molar-refractivity contribution in [1.29, 1.82) is 0 Å². The van der Waals surface area contributed by atoms with E-state index in [4.69, 9.17) is 4.74 Å². The number of carbonyl (C=O) groups is 5. The summed E-state index contributed by atoms with van der Waals surface area (Å²) in [7, 11) is 0. The minimum atomic E-state index is -1.19. The Kier molecular flexibility index (Phi) is 6.17. The van der Waals surface area contributed by atoms with E-state index < -0.39 is 29.6 Å². The third-order valence-electron chi connectivity index (χ3n) is 3.79. The van der Waals surface area contributed by atoms with E-state index in [2.05, 4.69) is 10.6 Å². The highest BCUT2D eigenvalue weighted by Gasteiger charge is 2.30. The monoisotopic (exact) mass is 389 g/mol. The molecule has 0 spiro atoms. The van der Waals surface area contributed by atoms with Crippen molar-refractivity contribution in [3.05, 3.63) is 29.8 Å². The van der Waals surface area contributed by atoms with Crippen molar-refractivity contribution < 1.29 is 28.7 Å². The van der Waals surface area contributed by atoms with Gasteiger partial charge in [0.15, 0.2) is 6.10 Å². The molecule has 1 aliphatic heterocycles. The van der Waals surface area contributed by atoms with Gasteiger partial charge in [0.1, 0.15) is 0 Å². The Morgan fingerprint density at radius 3 is 2.07 bits per heavy atom. The Hall–Kier alpha value is -3.23. The van der Waals surface area contributed by atoms with E-state index in [0.29, 0.717) is 5.69 Å². The molecule has 0 aliphatic carbocycles. The molecule has 150 valence electrons. The summed E-state index contributed by atoms with van der Waals surface area (Å²) in [6, 6.07) is 5.02. The molecule has 1 fully saturated rings. The van der Waals surface area contributed by atoms with Crippen LogP contribution in [-0.2, 0) is 19.1 Å². The lowest BCUT2D eigenvalue weighted by Gasteiger charge is -2.21. The van der Waals surface area contributed by atoms with Crippen LogP contribution in [-0.4, -0.2) is 41.4 Å². The average molecular weight is 389 g/mol. The van der Waals surface area contributed by atoms with E-state index >= 15 is 0 Å². The van der Waals surface area contributed by atoms with Gasteiger partial charge in [-0.2, -0.15) is 0 Å². The molecule has 1 atom stereocenters. The normalized spacial score (nSPS) is 15.2. The number of urea groups is 1. The maximum atomic E-state index is 12.2. The summed E-state index contributed by atoms with van der Waals surface area (Å²) in [5, 5.41) is 4.66. The van der Waals surface area contributed by atoms with Gasteiger partial charge >= 0.3 is 12.0 Å². The number of benzene rings is 1. The highest BCUT2D eigenvalue weighted by molar-refractivity contribution is 6.19. The second-order valence-electron chi connectivity index (χ2n) is 7.41. The zero-order valence-corrected chi connectivity index (χ0v) is 16.2. The van der Waals surface area contributed by atoms with Gasteiger partial charge in [-0.3, -0.25) is 24.6 Å². The Morgan fingerprint density at radius 2 is 1.57 bits per heavy atom. The molecule has 0 saturated carbocycles. The molecular formula is C19H23N3O6. The molecule has 2 rings (SSSR count). The number of esters is 1. The van der Waals surface area contributed by atoms with Crippen molar-refractivity contribution in [3.63, 3.8) is 0 Å². The van der Waals surface area contributed by atoms with Crippen LogP contribution in [0.4, 0.5) is 10.5 Å². The van der Waals surface area contributed by atoms with Crippen LogP contribution in [0.2, 0.25) is 0 Å². The number of hydrogen-bond acceptors (Lipinski definition) is 6. The highest BCUT2D eigenvalue weighted by Crippen LogP contribution is 2.23. The summed E-state index contributed by atoms with van der Waals surface area (Å²) < 4.78 is 5.06. The summed E-state index contributed by atoms with van der Waals surface area (Å²) in [5.41, 5.74) is -0.0141. The minimum absolute atomic E-state index is 0.140. The van der Waals surface area contributed by atoms with Crippen LogP contribution in [0.3, 0.4) is 0 Å². The first kappa shape index (κ1) is 21.1. The molecule has 0 aromatic heterocycles. The van der Waals surface area contributed by atoms with Crippen LogP contribution >= 0.6 is 0 Å². The molecule has 2 N–H and O–H groups in total. The van der Waals surface area contributed by atoms with Crippen molar-refractivity contribution in [2.24, 2.45) is 0 Å². The molecule has 5 amide bonds. The third-order valence-corrected chi connectivity index (χ3v) is 3.79. The topological polar surface area (TPSA) is 122 Å². The molecule has 0 unspecified atom stereocenters. The summed E-state index contributed by atoms with van der Waals surface area (Å²) in [4.78, 5) is 60.4. The van der Waals surface area contributed by atoms with Crippen molar-refractivity contribution in [2.75, 3.05) is 4.90 Å². The maximum absolute atomic E-state index is 12.2. The van der Waals surface area contributed by atoms with Gasteiger partial charge in [-0.25, -0.2) is 9.59 Å². The number of nitrogens with one attached hydrogen (secondary N) is 2. The first-order valence-corrected chi connectivity index (χ1v) is 8.78. The molecule has 1 saturated heterocycles. The summed E-state index contributed by atoms with van der Waals surface area (Å²) in [6.45, 7) is 6.61. The fraction of sp³-hybridized carbons (Fsp3) is 0.421. The smallest absolute Gasteiger partial charge is 0.338 e. The summed E-state index contributed by atoms with van der Waals surface area (Å²) >= 11 is 0. The standard InChI is InChI=1S/C19H23N3O6/c1-11(16(25)20-18(27)21-19(2,3)4)28-17(26)12-5-7-13(8-6-12)22-14(23)9-10-15(22)24/h5-8,11H,9-10H2,1-4H3,(H2,20,21,25,27)/t11-/m1/s1. The van der Waals surface area contributed by atoms with E-state index in [1.54, 1.807) is 20.8 Å². The maximum Gasteiger partial charge on any atom is 0.338 e. The minimum Gasteiger partial charge on any atom is -0.449 e. The van der Waals surface area contributed by atoms with Gasteiger partial charge in [0, 0.05) is 18.4 Å². The second-order valence-corrected chi connectivity index (χ2v) is 7.41. The Morgan fingerprint density at radius 1 is 1.04 bits per heavy atom. The van der Waals surface area contributed by atoms with Crippen molar-refractivity contribution in [1.82, 2.24) is 10.6 Å². The Bertz CT molecular complexity index is 794. The number of anilines is 1. The average Bonchev–Trinajstić information content (AvgIpc) is 2.91. The Balaban J connectivity index is 1.95. The van der Waals surface area contributed by atoms with Gasteiger partial charge in [-0.15, -0.1) is 0 Å². The van der Waals surface area contributed by atoms with Gasteiger partial charge in [0.05, 0.1) is 11.3 Å². The van der Waals surface area contributed by atoms with Crippen LogP contribution in [0.5, 0.6) is 0 Å².